The normalized spacial score (nSPS) is 19.2. The fourth-order valence-electron chi connectivity index (χ4n) is 2.72. The average Bonchev–Trinajstić information content (AvgIpc) is 2.33. The van der Waals surface area contributed by atoms with Crippen LogP contribution < -0.4 is 5.73 Å². The highest BCUT2D eigenvalue weighted by Gasteiger charge is 2.31. The second-order valence-electron chi connectivity index (χ2n) is 5.24. The zero-order valence-corrected chi connectivity index (χ0v) is 10.4. The molecule has 2 heteroatoms. The molecule has 0 spiro atoms. The van der Waals surface area contributed by atoms with Crippen LogP contribution in [-0.4, -0.2) is 12.2 Å². The molecule has 1 saturated carbocycles. The predicted molar refractivity (Wildman–Crippen MR) is 69.8 cm³/mol. The van der Waals surface area contributed by atoms with Gasteiger partial charge in [0.15, 0.2) is 0 Å². The molecule has 1 aliphatic rings. The molecule has 2 rings (SSSR count). The quantitative estimate of drug-likeness (QED) is 0.850. The Morgan fingerprint density at radius 1 is 1.00 bits per heavy atom. The molecule has 1 fully saturated rings. The van der Waals surface area contributed by atoms with E-state index in [2.05, 4.69) is 24.3 Å². The van der Waals surface area contributed by atoms with Gasteiger partial charge in [-0.3, -0.25) is 0 Å². The Labute approximate surface area is 103 Å². The molecule has 17 heavy (non-hydrogen) atoms. The van der Waals surface area contributed by atoms with Crippen molar-refractivity contribution in [3.63, 3.8) is 0 Å². The van der Waals surface area contributed by atoms with Gasteiger partial charge >= 0.3 is 0 Å². The minimum absolute atomic E-state index is 0.579. The number of rotatable bonds is 4. The highest BCUT2D eigenvalue weighted by Crippen LogP contribution is 2.34. The number of hydrogen-bond acceptors (Lipinski definition) is 1. The molecule has 0 aromatic heterocycles. The molecule has 0 heterocycles. The molecular formula is C15H22FN. The Morgan fingerprint density at radius 3 is 2.18 bits per heavy atom. The first-order valence-electron chi connectivity index (χ1n) is 6.69. The van der Waals surface area contributed by atoms with Crippen molar-refractivity contribution < 1.29 is 4.39 Å². The van der Waals surface area contributed by atoms with Crippen molar-refractivity contribution in [2.45, 2.75) is 50.6 Å². The zero-order chi connectivity index (χ0) is 12.1. The lowest BCUT2D eigenvalue weighted by molar-refractivity contribution is 0.107. The van der Waals surface area contributed by atoms with E-state index in [0.717, 1.165) is 37.7 Å². The molecular weight excluding hydrogens is 213 g/mol. The van der Waals surface area contributed by atoms with E-state index in [1.165, 1.54) is 12.0 Å². The van der Waals surface area contributed by atoms with Crippen molar-refractivity contribution in [2.24, 2.45) is 5.73 Å². The second-order valence-corrected chi connectivity index (χ2v) is 5.24. The van der Waals surface area contributed by atoms with Gasteiger partial charge in [-0.1, -0.05) is 43.5 Å². The molecule has 1 nitrogen and oxygen atoms in total. The van der Waals surface area contributed by atoms with Gasteiger partial charge < -0.3 is 5.73 Å². The molecule has 0 amide bonds. The van der Waals surface area contributed by atoms with Crippen LogP contribution in [0.5, 0.6) is 0 Å². The lowest BCUT2D eigenvalue weighted by Gasteiger charge is -2.29. The van der Waals surface area contributed by atoms with E-state index < -0.39 is 5.67 Å². The Kier molecular flexibility index (Phi) is 4.16. The standard InChI is InChI=1S/C15H22FN/c16-15(9-2-1-3-10-15)12-14-6-4-13(5-7-14)8-11-17/h4-7H,1-3,8-12,17H2. The van der Waals surface area contributed by atoms with Gasteiger partial charge in [-0.15, -0.1) is 0 Å². The van der Waals surface area contributed by atoms with Crippen molar-refractivity contribution in [1.82, 2.24) is 0 Å². The van der Waals surface area contributed by atoms with Gasteiger partial charge in [0.05, 0.1) is 0 Å². The maximum atomic E-state index is 14.5. The monoisotopic (exact) mass is 235 g/mol. The summed E-state index contributed by atoms with van der Waals surface area (Å²) in [6.45, 7) is 0.673. The van der Waals surface area contributed by atoms with Gasteiger partial charge in [-0.2, -0.15) is 0 Å². The summed E-state index contributed by atoms with van der Waals surface area (Å²) < 4.78 is 14.5. The third-order valence-corrected chi connectivity index (χ3v) is 3.73. The maximum absolute atomic E-state index is 14.5. The van der Waals surface area contributed by atoms with Crippen LogP contribution in [0, 0.1) is 0 Å². The van der Waals surface area contributed by atoms with Crippen molar-refractivity contribution in [3.05, 3.63) is 35.4 Å². The van der Waals surface area contributed by atoms with Crippen LogP contribution in [0.2, 0.25) is 0 Å². The smallest absolute Gasteiger partial charge is 0.115 e. The fourth-order valence-corrected chi connectivity index (χ4v) is 2.72. The largest absolute Gasteiger partial charge is 0.330 e. The van der Waals surface area contributed by atoms with Gasteiger partial charge in [-0.25, -0.2) is 4.39 Å². The van der Waals surface area contributed by atoms with Crippen LogP contribution in [0.15, 0.2) is 24.3 Å². The van der Waals surface area contributed by atoms with Crippen LogP contribution in [0.4, 0.5) is 4.39 Å². The Bertz CT molecular complexity index is 338. The molecule has 0 aliphatic heterocycles. The number of alkyl halides is 1. The van der Waals surface area contributed by atoms with E-state index in [0.29, 0.717) is 13.0 Å². The average molecular weight is 235 g/mol. The fraction of sp³-hybridized carbons (Fsp3) is 0.600. The topological polar surface area (TPSA) is 26.0 Å². The van der Waals surface area contributed by atoms with Crippen molar-refractivity contribution in [3.8, 4) is 0 Å². The van der Waals surface area contributed by atoms with Crippen LogP contribution in [0.1, 0.15) is 43.2 Å². The summed E-state index contributed by atoms with van der Waals surface area (Å²) in [5, 5.41) is 0. The second kappa shape index (κ2) is 5.63. The number of hydrogen-bond donors (Lipinski definition) is 1. The van der Waals surface area contributed by atoms with E-state index in [9.17, 15) is 4.39 Å². The molecule has 0 bridgehead atoms. The first-order valence-corrected chi connectivity index (χ1v) is 6.69. The molecule has 1 aromatic rings. The molecule has 2 N–H and O–H groups in total. The lowest BCUT2D eigenvalue weighted by Crippen LogP contribution is -2.28. The van der Waals surface area contributed by atoms with E-state index in [1.807, 2.05) is 0 Å². The third kappa shape index (κ3) is 3.53. The van der Waals surface area contributed by atoms with Crippen molar-refractivity contribution in [1.29, 1.82) is 0 Å². The number of nitrogens with two attached hydrogens (primary N) is 1. The number of halogens is 1. The van der Waals surface area contributed by atoms with Crippen LogP contribution in [-0.2, 0) is 12.8 Å². The number of benzene rings is 1. The lowest BCUT2D eigenvalue weighted by atomic mass is 9.82. The van der Waals surface area contributed by atoms with Crippen LogP contribution in [0.25, 0.3) is 0 Å². The van der Waals surface area contributed by atoms with Crippen LogP contribution in [0.3, 0.4) is 0 Å². The first kappa shape index (κ1) is 12.6. The van der Waals surface area contributed by atoms with Gasteiger partial charge in [0, 0.05) is 6.42 Å². The summed E-state index contributed by atoms with van der Waals surface area (Å²) in [7, 11) is 0. The molecule has 0 radical (unpaired) electrons. The molecule has 0 saturated heterocycles. The van der Waals surface area contributed by atoms with E-state index in [4.69, 9.17) is 5.73 Å². The molecule has 0 unspecified atom stereocenters. The molecule has 1 aliphatic carbocycles. The van der Waals surface area contributed by atoms with Gasteiger partial charge in [0.2, 0.25) is 0 Å². The van der Waals surface area contributed by atoms with E-state index in [1.54, 1.807) is 0 Å². The highest BCUT2D eigenvalue weighted by molar-refractivity contribution is 5.24. The molecule has 1 aromatic carbocycles. The van der Waals surface area contributed by atoms with Crippen LogP contribution >= 0.6 is 0 Å². The maximum Gasteiger partial charge on any atom is 0.115 e. The van der Waals surface area contributed by atoms with E-state index in [-0.39, 0.29) is 0 Å². The van der Waals surface area contributed by atoms with E-state index >= 15 is 0 Å². The summed E-state index contributed by atoms with van der Waals surface area (Å²) in [5.74, 6) is 0. The van der Waals surface area contributed by atoms with Crippen molar-refractivity contribution >= 4 is 0 Å². The Balaban J connectivity index is 1.97. The molecule has 94 valence electrons. The summed E-state index contributed by atoms with van der Waals surface area (Å²) in [5.41, 5.74) is 6.92. The minimum atomic E-state index is -0.951. The van der Waals surface area contributed by atoms with Gasteiger partial charge in [0.1, 0.15) is 5.67 Å². The summed E-state index contributed by atoms with van der Waals surface area (Å²) in [6.07, 6.45) is 6.23. The SMILES string of the molecule is NCCc1ccc(CC2(F)CCCCC2)cc1. The Morgan fingerprint density at radius 2 is 1.59 bits per heavy atom. The predicted octanol–water partition coefficient (Wildman–Crippen LogP) is 3.40. The minimum Gasteiger partial charge on any atom is -0.330 e. The first-order chi connectivity index (χ1) is 8.22. The third-order valence-electron chi connectivity index (χ3n) is 3.73. The molecule has 0 atom stereocenters. The summed E-state index contributed by atoms with van der Waals surface area (Å²) in [4.78, 5) is 0. The Hall–Kier alpha value is -0.890. The highest BCUT2D eigenvalue weighted by atomic mass is 19.1. The van der Waals surface area contributed by atoms with Gasteiger partial charge in [0.25, 0.3) is 0 Å². The summed E-state index contributed by atoms with van der Waals surface area (Å²) in [6, 6.07) is 8.27. The van der Waals surface area contributed by atoms with Crippen molar-refractivity contribution in [2.75, 3.05) is 6.54 Å². The zero-order valence-electron chi connectivity index (χ0n) is 10.4. The summed E-state index contributed by atoms with van der Waals surface area (Å²) >= 11 is 0. The van der Waals surface area contributed by atoms with Gasteiger partial charge in [-0.05, 0) is 36.9 Å².